The van der Waals surface area contributed by atoms with Gasteiger partial charge in [-0.05, 0) is 30.0 Å². The van der Waals surface area contributed by atoms with Crippen molar-refractivity contribution in [3.8, 4) is 0 Å². The molecule has 26 heavy (non-hydrogen) atoms. The second-order valence-corrected chi connectivity index (χ2v) is 6.90. The smallest absolute Gasteiger partial charge is 0.224 e. The molecule has 0 spiro atoms. The topological polar surface area (TPSA) is 49.4 Å². The Kier molecular flexibility index (Phi) is 6.96. The molecule has 0 saturated carbocycles. The minimum absolute atomic E-state index is 0.0222. The van der Waals surface area contributed by atoms with E-state index in [0.717, 1.165) is 22.4 Å². The summed E-state index contributed by atoms with van der Waals surface area (Å²) in [4.78, 5) is 26.0. The van der Waals surface area contributed by atoms with Crippen molar-refractivity contribution in [1.82, 2.24) is 5.32 Å². The molecule has 2 rings (SSSR count). The maximum absolute atomic E-state index is 12.2. The lowest BCUT2D eigenvalue weighted by Gasteiger charge is -2.25. The summed E-state index contributed by atoms with van der Waals surface area (Å²) < 4.78 is 0. The number of benzene rings is 2. The Morgan fingerprint density at radius 1 is 1.08 bits per heavy atom. The Hall–Kier alpha value is -2.62. The number of rotatable bonds is 7. The van der Waals surface area contributed by atoms with E-state index in [0.29, 0.717) is 25.4 Å². The van der Waals surface area contributed by atoms with Crippen LogP contribution in [-0.4, -0.2) is 24.9 Å². The van der Waals surface area contributed by atoms with Crippen LogP contribution in [0, 0.1) is 6.92 Å². The predicted molar refractivity (Wildman–Crippen MR) is 106 cm³/mol. The molecule has 0 aliphatic heterocycles. The number of hydrogen-bond acceptors (Lipinski definition) is 2. The van der Waals surface area contributed by atoms with E-state index in [2.05, 4.69) is 19.2 Å². The summed E-state index contributed by atoms with van der Waals surface area (Å²) in [5.74, 6) is 0.270. The lowest BCUT2D eigenvalue weighted by molar-refractivity contribution is -0.121. The van der Waals surface area contributed by atoms with E-state index < -0.39 is 0 Å². The third kappa shape index (κ3) is 5.45. The molecule has 0 bridgehead atoms. The number of hydrogen-bond donors (Lipinski definition) is 1. The molecular weight excluding hydrogens is 324 g/mol. The molecule has 4 nitrogen and oxygen atoms in total. The van der Waals surface area contributed by atoms with Crippen LogP contribution in [0.25, 0.3) is 0 Å². The molecule has 1 N–H and O–H groups in total. The molecule has 0 aliphatic rings. The van der Waals surface area contributed by atoms with Gasteiger partial charge >= 0.3 is 0 Å². The number of carbonyl (C=O) groups excluding carboxylic acids is 2. The van der Waals surface area contributed by atoms with Crippen LogP contribution in [0.15, 0.2) is 48.5 Å². The van der Waals surface area contributed by atoms with Gasteiger partial charge in [0.2, 0.25) is 11.8 Å². The van der Waals surface area contributed by atoms with Gasteiger partial charge in [-0.25, -0.2) is 0 Å². The van der Waals surface area contributed by atoms with Gasteiger partial charge in [0.05, 0.1) is 6.42 Å². The molecule has 0 aliphatic carbocycles. The maximum Gasteiger partial charge on any atom is 0.224 e. The number of nitrogens with zero attached hydrogens (tertiary/aromatic N) is 1. The van der Waals surface area contributed by atoms with E-state index in [1.807, 2.05) is 55.5 Å². The number of amides is 2. The minimum atomic E-state index is -0.0313. The predicted octanol–water partition coefficient (Wildman–Crippen LogP) is 3.83. The Labute approximate surface area is 156 Å². The fraction of sp³-hybridized carbons (Fsp3) is 0.364. The first-order valence-electron chi connectivity index (χ1n) is 9.07. The van der Waals surface area contributed by atoms with Gasteiger partial charge in [-0.15, -0.1) is 0 Å². The maximum atomic E-state index is 12.2. The van der Waals surface area contributed by atoms with Gasteiger partial charge in [-0.2, -0.15) is 0 Å². The van der Waals surface area contributed by atoms with Crippen molar-refractivity contribution in [3.63, 3.8) is 0 Å². The average molecular weight is 352 g/mol. The fourth-order valence-corrected chi connectivity index (χ4v) is 3.05. The van der Waals surface area contributed by atoms with Crippen molar-refractivity contribution in [2.24, 2.45) is 0 Å². The SMILES string of the molecule is CC(=O)N(CCNC(=O)Cc1cccc(C)c1)c1ccccc1C(C)C. The summed E-state index contributed by atoms with van der Waals surface area (Å²) in [6, 6.07) is 15.9. The van der Waals surface area contributed by atoms with Crippen molar-refractivity contribution in [3.05, 3.63) is 65.2 Å². The van der Waals surface area contributed by atoms with Crippen molar-refractivity contribution >= 4 is 17.5 Å². The number of para-hydroxylation sites is 1. The van der Waals surface area contributed by atoms with Gasteiger partial charge < -0.3 is 10.2 Å². The fourth-order valence-electron chi connectivity index (χ4n) is 3.05. The van der Waals surface area contributed by atoms with E-state index in [-0.39, 0.29) is 11.8 Å². The van der Waals surface area contributed by atoms with E-state index in [4.69, 9.17) is 0 Å². The van der Waals surface area contributed by atoms with E-state index >= 15 is 0 Å². The van der Waals surface area contributed by atoms with Gasteiger partial charge in [0, 0.05) is 25.7 Å². The van der Waals surface area contributed by atoms with Crippen LogP contribution in [0.2, 0.25) is 0 Å². The summed E-state index contributed by atoms with van der Waals surface area (Å²) in [7, 11) is 0. The molecule has 2 amide bonds. The first kappa shape index (κ1) is 19.7. The Balaban J connectivity index is 1.97. The zero-order chi connectivity index (χ0) is 19.1. The highest BCUT2D eigenvalue weighted by atomic mass is 16.2. The molecule has 2 aromatic carbocycles. The molecule has 0 saturated heterocycles. The molecule has 0 heterocycles. The lowest BCUT2D eigenvalue weighted by atomic mass is 10.0. The van der Waals surface area contributed by atoms with Gasteiger partial charge in [-0.1, -0.05) is 61.9 Å². The monoisotopic (exact) mass is 352 g/mol. The lowest BCUT2D eigenvalue weighted by Crippen LogP contribution is -2.38. The molecule has 0 radical (unpaired) electrons. The first-order valence-corrected chi connectivity index (χ1v) is 9.07. The minimum Gasteiger partial charge on any atom is -0.354 e. The standard InChI is InChI=1S/C22H28N2O2/c1-16(2)20-10-5-6-11-21(20)24(18(4)25)13-12-23-22(26)15-19-9-7-8-17(3)14-19/h5-11,14,16H,12-13,15H2,1-4H3,(H,23,26). The highest BCUT2D eigenvalue weighted by Crippen LogP contribution is 2.27. The molecule has 0 fully saturated rings. The quantitative estimate of drug-likeness (QED) is 0.823. The summed E-state index contributed by atoms with van der Waals surface area (Å²) in [6.07, 6.45) is 0.352. The van der Waals surface area contributed by atoms with Crippen molar-refractivity contribution in [2.75, 3.05) is 18.0 Å². The third-order valence-corrected chi connectivity index (χ3v) is 4.33. The summed E-state index contributed by atoms with van der Waals surface area (Å²) in [5, 5.41) is 2.92. The molecule has 0 aromatic heterocycles. The van der Waals surface area contributed by atoms with Gasteiger partial charge in [0.25, 0.3) is 0 Å². The van der Waals surface area contributed by atoms with Crippen molar-refractivity contribution in [2.45, 2.75) is 40.0 Å². The van der Waals surface area contributed by atoms with Crippen LogP contribution in [0.3, 0.4) is 0 Å². The van der Waals surface area contributed by atoms with Crippen molar-refractivity contribution in [1.29, 1.82) is 0 Å². The van der Waals surface area contributed by atoms with Crippen LogP contribution < -0.4 is 10.2 Å². The highest BCUT2D eigenvalue weighted by Gasteiger charge is 2.16. The van der Waals surface area contributed by atoms with Crippen LogP contribution >= 0.6 is 0 Å². The van der Waals surface area contributed by atoms with Gasteiger partial charge in [0.15, 0.2) is 0 Å². The number of anilines is 1. The molecule has 0 atom stereocenters. The number of aryl methyl sites for hydroxylation is 1. The second kappa shape index (κ2) is 9.18. The molecule has 0 unspecified atom stereocenters. The zero-order valence-corrected chi connectivity index (χ0v) is 16.1. The van der Waals surface area contributed by atoms with E-state index in [1.165, 1.54) is 0 Å². The Morgan fingerprint density at radius 3 is 2.46 bits per heavy atom. The van der Waals surface area contributed by atoms with Crippen LogP contribution in [0.5, 0.6) is 0 Å². The molecule has 2 aromatic rings. The third-order valence-electron chi connectivity index (χ3n) is 4.33. The Bertz CT molecular complexity index is 768. The highest BCUT2D eigenvalue weighted by molar-refractivity contribution is 5.92. The van der Waals surface area contributed by atoms with Crippen LogP contribution in [0.1, 0.15) is 43.4 Å². The van der Waals surface area contributed by atoms with Gasteiger partial charge in [0.1, 0.15) is 0 Å². The van der Waals surface area contributed by atoms with Gasteiger partial charge in [-0.3, -0.25) is 9.59 Å². The largest absolute Gasteiger partial charge is 0.354 e. The zero-order valence-electron chi connectivity index (χ0n) is 16.1. The average Bonchev–Trinajstić information content (AvgIpc) is 2.58. The van der Waals surface area contributed by atoms with Crippen molar-refractivity contribution < 1.29 is 9.59 Å². The summed E-state index contributed by atoms with van der Waals surface area (Å²) >= 11 is 0. The normalized spacial score (nSPS) is 10.7. The Morgan fingerprint density at radius 2 is 1.81 bits per heavy atom. The van der Waals surface area contributed by atoms with Crippen LogP contribution in [0.4, 0.5) is 5.69 Å². The molecule has 138 valence electrons. The first-order chi connectivity index (χ1) is 12.4. The molecular formula is C22H28N2O2. The second-order valence-electron chi connectivity index (χ2n) is 6.90. The van der Waals surface area contributed by atoms with E-state index in [1.54, 1.807) is 11.8 Å². The molecule has 4 heteroatoms. The van der Waals surface area contributed by atoms with E-state index in [9.17, 15) is 9.59 Å². The summed E-state index contributed by atoms with van der Waals surface area (Å²) in [5.41, 5.74) is 4.19. The van der Waals surface area contributed by atoms with Crippen LogP contribution in [-0.2, 0) is 16.0 Å². The summed E-state index contributed by atoms with van der Waals surface area (Å²) in [6.45, 7) is 8.68. The number of nitrogens with one attached hydrogen (secondary N) is 1. The number of carbonyl (C=O) groups is 2.